The quantitative estimate of drug-likeness (QED) is 0.860. The van der Waals surface area contributed by atoms with Crippen LogP contribution in [-0.2, 0) is 4.79 Å². The zero-order chi connectivity index (χ0) is 15.9. The summed E-state index contributed by atoms with van der Waals surface area (Å²) in [4.78, 5) is 24.8. The SMILES string of the molecule is CCCNC(=O)CNC(=O)c1ccc(-c2ccc(F)cc2)s1. The number of rotatable bonds is 6. The Morgan fingerprint density at radius 3 is 2.50 bits per heavy atom. The Balaban J connectivity index is 1.94. The molecule has 1 aromatic heterocycles. The summed E-state index contributed by atoms with van der Waals surface area (Å²) in [5, 5.41) is 5.27. The van der Waals surface area contributed by atoms with Crippen LogP contribution >= 0.6 is 11.3 Å². The predicted molar refractivity (Wildman–Crippen MR) is 85.3 cm³/mol. The van der Waals surface area contributed by atoms with Crippen molar-refractivity contribution in [2.45, 2.75) is 13.3 Å². The molecule has 22 heavy (non-hydrogen) atoms. The average Bonchev–Trinajstić information content (AvgIpc) is 3.01. The van der Waals surface area contributed by atoms with Gasteiger partial charge in [0, 0.05) is 11.4 Å². The standard InChI is InChI=1S/C16H17FN2O2S/c1-2-9-18-15(20)10-19-16(21)14-8-7-13(22-14)11-3-5-12(17)6-4-11/h3-8H,2,9-10H2,1H3,(H,18,20)(H,19,21). The molecule has 2 N–H and O–H groups in total. The van der Waals surface area contributed by atoms with Gasteiger partial charge in [-0.3, -0.25) is 9.59 Å². The van der Waals surface area contributed by atoms with Gasteiger partial charge in [0.15, 0.2) is 0 Å². The third-order valence-electron chi connectivity index (χ3n) is 2.94. The lowest BCUT2D eigenvalue weighted by molar-refractivity contribution is -0.120. The highest BCUT2D eigenvalue weighted by Crippen LogP contribution is 2.28. The van der Waals surface area contributed by atoms with Gasteiger partial charge in [0.2, 0.25) is 5.91 Å². The van der Waals surface area contributed by atoms with E-state index in [0.717, 1.165) is 16.9 Å². The summed E-state index contributed by atoms with van der Waals surface area (Å²) < 4.78 is 12.9. The fourth-order valence-electron chi connectivity index (χ4n) is 1.80. The van der Waals surface area contributed by atoms with E-state index in [-0.39, 0.29) is 24.2 Å². The number of thiophene rings is 1. The maximum absolute atomic E-state index is 12.9. The number of carbonyl (C=O) groups excluding carboxylic acids is 2. The maximum Gasteiger partial charge on any atom is 0.261 e. The molecule has 2 amide bonds. The van der Waals surface area contributed by atoms with Gasteiger partial charge in [0.25, 0.3) is 5.91 Å². The van der Waals surface area contributed by atoms with Gasteiger partial charge in [0.1, 0.15) is 5.82 Å². The first-order chi connectivity index (χ1) is 10.6. The van der Waals surface area contributed by atoms with Crippen molar-refractivity contribution in [1.82, 2.24) is 10.6 Å². The highest BCUT2D eigenvalue weighted by atomic mass is 32.1. The lowest BCUT2D eigenvalue weighted by Crippen LogP contribution is -2.36. The van der Waals surface area contributed by atoms with Crippen molar-refractivity contribution in [2.75, 3.05) is 13.1 Å². The van der Waals surface area contributed by atoms with Gasteiger partial charge < -0.3 is 10.6 Å². The fourth-order valence-corrected chi connectivity index (χ4v) is 2.73. The van der Waals surface area contributed by atoms with Gasteiger partial charge in [-0.1, -0.05) is 19.1 Å². The summed E-state index contributed by atoms with van der Waals surface area (Å²) in [7, 11) is 0. The van der Waals surface area contributed by atoms with Crippen molar-refractivity contribution in [3.63, 3.8) is 0 Å². The first-order valence-corrected chi connectivity index (χ1v) is 7.82. The lowest BCUT2D eigenvalue weighted by Gasteiger charge is -2.04. The number of hydrogen-bond donors (Lipinski definition) is 2. The molecule has 4 nitrogen and oxygen atoms in total. The van der Waals surface area contributed by atoms with Crippen molar-refractivity contribution in [3.05, 3.63) is 47.1 Å². The second-order valence-corrected chi connectivity index (χ2v) is 5.79. The maximum atomic E-state index is 12.9. The predicted octanol–water partition coefficient (Wildman–Crippen LogP) is 2.81. The van der Waals surface area contributed by atoms with E-state index in [1.54, 1.807) is 18.2 Å². The minimum absolute atomic E-state index is 0.0391. The summed E-state index contributed by atoms with van der Waals surface area (Å²) in [5.41, 5.74) is 0.853. The Morgan fingerprint density at radius 1 is 1.09 bits per heavy atom. The zero-order valence-corrected chi connectivity index (χ0v) is 13.0. The van der Waals surface area contributed by atoms with Crippen LogP contribution in [0.15, 0.2) is 36.4 Å². The van der Waals surface area contributed by atoms with Gasteiger partial charge in [-0.05, 0) is 36.2 Å². The van der Waals surface area contributed by atoms with Crippen LogP contribution in [0.4, 0.5) is 4.39 Å². The second-order valence-electron chi connectivity index (χ2n) is 4.70. The molecule has 0 saturated carbocycles. The van der Waals surface area contributed by atoms with Gasteiger partial charge >= 0.3 is 0 Å². The zero-order valence-electron chi connectivity index (χ0n) is 12.2. The van der Waals surface area contributed by atoms with E-state index in [1.165, 1.54) is 23.5 Å². The van der Waals surface area contributed by atoms with Crippen molar-refractivity contribution < 1.29 is 14.0 Å². The minimum Gasteiger partial charge on any atom is -0.355 e. The monoisotopic (exact) mass is 320 g/mol. The molecule has 0 unspecified atom stereocenters. The first kappa shape index (κ1) is 16.2. The molecule has 0 aliphatic heterocycles. The third kappa shape index (κ3) is 4.39. The molecule has 6 heteroatoms. The van der Waals surface area contributed by atoms with Crippen molar-refractivity contribution >= 4 is 23.2 Å². The second kappa shape index (κ2) is 7.70. The van der Waals surface area contributed by atoms with Gasteiger partial charge in [-0.2, -0.15) is 0 Å². The molecule has 0 fully saturated rings. The van der Waals surface area contributed by atoms with Crippen molar-refractivity contribution in [2.24, 2.45) is 0 Å². The van der Waals surface area contributed by atoms with Crippen LogP contribution in [-0.4, -0.2) is 24.9 Å². The molecule has 2 aromatic rings. The van der Waals surface area contributed by atoms with Crippen molar-refractivity contribution in [3.8, 4) is 10.4 Å². The van der Waals surface area contributed by atoms with E-state index in [0.29, 0.717) is 11.4 Å². The fraction of sp³-hybridized carbons (Fsp3) is 0.250. The van der Waals surface area contributed by atoms with Crippen LogP contribution in [0.5, 0.6) is 0 Å². The molecule has 0 atom stereocenters. The molecule has 0 bridgehead atoms. The van der Waals surface area contributed by atoms with E-state index < -0.39 is 0 Å². The van der Waals surface area contributed by atoms with Crippen LogP contribution in [0.3, 0.4) is 0 Å². The summed E-state index contributed by atoms with van der Waals surface area (Å²) >= 11 is 1.30. The largest absolute Gasteiger partial charge is 0.355 e. The van der Waals surface area contributed by atoms with Gasteiger partial charge in [0.05, 0.1) is 11.4 Å². The Labute approximate surface area is 132 Å². The number of amides is 2. The summed E-state index contributed by atoms with van der Waals surface area (Å²) in [5.74, 6) is -0.785. The number of carbonyl (C=O) groups is 2. The van der Waals surface area contributed by atoms with Crippen LogP contribution in [0.2, 0.25) is 0 Å². The van der Waals surface area contributed by atoms with Gasteiger partial charge in [-0.25, -0.2) is 4.39 Å². The molecule has 1 heterocycles. The molecule has 0 spiro atoms. The highest BCUT2D eigenvalue weighted by molar-refractivity contribution is 7.17. The summed E-state index contributed by atoms with van der Waals surface area (Å²) in [6.07, 6.45) is 0.853. The highest BCUT2D eigenvalue weighted by Gasteiger charge is 2.11. The molecule has 0 aliphatic carbocycles. The summed E-state index contributed by atoms with van der Waals surface area (Å²) in [6.45, 7) is 2.52. The topological polar surface area (TPSA) is 58.2 Å². The summed E-state index contributed by atoms with van der Waals surface area (Å²) in [6, 6.07) is 9.61. The van der Waals surface area contributed by atoms with Gasteiger partial charge in [-0.15, -0.1) is 11.3 Å². The third-order valence-corrected chi connectivity index (χ3v) is 4.07. The van der Waals surface area contributed by atoms with Crippen LogP contribution in [0.25, 0.3) is 10.4 Å². The number of halogens is 1. The molecule has 0 aliphatic rings. The van der Waals surface area contributed by atoms with Crippen LogP contribution in [0, 0.1) is 5.82 Å². The molecular formula is C16H17FN2O2S. The van der Waals surface area contributed by atoms with E-state index in [2.05, 4.69) is 10.6 Å². The Kier molecular flexibility index (Phi) is 5.66. The Morgan fingerprint density at radius 2 is 1.82 bits per heavy atom. The van der Waals surface area contributed by atoms with E-state index in [9.17, 15) is 14.0 Å². The Hall–Kier alpha value is -2.21. The number of benzene rings is 1. The first-order valence-electron chi connectivity index (χ1n) is 7.01. The minimum atomic E-state index is -0.295. The molecule has 0 saturated heterocycles. The molecule has 1 aromatic carbocycles. The average molecular weight is 320 g/mol. The number of nitrogens with one attached hydrogen (secondary N) is 2. The molecule has 2 rings (SSSR count). The van der Waals surface area contributed by atoms with Crippen molar-refractivity contribution in [1.29, 1.82) is 0 Å². The lowest BCUT2D eigenvalue weighted by atomic mass is 10.2. The normalized spacial score (nSPS) is 10.3. The number of hydrogen-bond acceptors (Lipinski definition) is 3. The van der Waals surface area contributed by atoms with E-state index >= 15 is 0 Å². The van der Waals surface area contributed by atoms with Crippen LogP contribution in [0.1, 0.15) is 23.0 Å². The molecular weight excluding hydrogens is 303 g/mol. The smallest absolute Gasteiger partial charge is 0.261 e. The Bertz CT molecular complexity index is 652. The van der Waals surface area contributed by atoms with E-state index in [4.69, 9.17) is 0 Å². The molecule has 0 radical (unpaired) electrons. The van der Waals surface area contributed by atoms with Crippen LogP contribution < -0.4 is 10.6 Å². The van der Waals surface area contributed by atoms with E-state index in [1.807, 2.05) is 13.0 Å². The molecule has 116 valence electrons.